The van der Waals surface area contributed by atoms with Crippen molar-refractivity contribution in [3.05, 3.63) is 11.8 Å². The molecule has 0 unspecified atom stereocenters. The van der Waals surface area contributed by atoms with Gasteiger partial charge in [0.25, 0.3) is 0 Å². The molecule has 0 N–H and O–H groups in total. The quantitative estimate of drug-likeness (QED) is 0.254. The topological polar surface area (TPSA) is 69.7 Å². The number of hydrogen-bond acceptors (Lipinski definition) is 5. The van der Waals surface area contributed by atoms with E-state index in [2.05, 4.69) is 8.92 Å². The average molecular weight is 290 g/mol. The van der Waals surface area contributed by atoms with Crippen LogP contribution in [0, 0.1) is 5.92 Å². The molecule has 5 nitrogen and oxygen atoms in total. The summed E-state index contributed by atoms with van der Waals surface area (Å²) >= 11 is 0. The minimum Gasteiger partial charge on any atom is -0.463 e. The normalized spacial score (nSPS) is 13.6. The molecule has 18 heavy (non-hydrogen) atoms. The number of esters is 1. The summed E-state index contributed by atoms with van der Waals surface area (Å²) in [7, 11) is -5.78. The predicted octanol–water partition coefficient (Wildman–Crippen LogP) is 1.96. The first-order chi connectivity index (χ1) is 8.01. The number of alkyl halides is 3. The highest BCUT2D eigenvalue weighted by Gasteiger charge is 2.49. The third-order valence-corrected chi connectivity index (χ3v) is 2.58. The first kappa shape index (κ1) is 16.8. The summed E-state index contributed by atoms with van der Waals surface area (Å²) in [6.45, 7) is 4.24. The molecular weight excluding hydrogens is 277 g/mol. The summed E-state index contributed by atoms with van der Waals surface area (Å²) < 4.78 is 66.1. The number of ether oxygens (including phenoxy) is 1. The van der Waals surface area contributed by atoms with Gasteiger partial charge in [0.2, 0.25) is 0 Å². The lowest BCUT2D eigenvalue weighted by Gasteiger charge is -2.14. The van der Waals surface area contributed by atoms with Crippen molar-refractivity contribution in [2.45, 2.75) is 26.3 Å². The second-order valence-electron chi connectivity index (χ2n) is 3.44. The molecule has 0 aromatic rings. The van der Waals surface area contributed by atoms with Crippen molar-refractivity contribution in [3.63, 3.8) is 0 Å². The van der Waals surface area contributed by atoms with Crippen molar-refractivity contribution in [2.75, 3.05) is 6.61 Å². The van der Waals surface area contributed by atoms with Gasteiger partial charge < -0.3 is 8.92 Å². The first-order valence-corrected chi connectivity index (χ1v) is 6.31. The van der Waals surface area contributed by atoms with Crippen molar-refractivity contribution in [1.29, 1.82) is 0 Å². The summed E-state index contributed by atoms with van der Waals surface area (Å²) in [5, 5.41) is 0. The Kier molecular flexibility index (Phi) is 5.65. The second-order valence-corrected chi connectivity index (χ2v) is 4.97. The highest BCUT2D eigenvalue weighted by molar-refractivity contribution is 7.87. The highest BCUT2D eigenvalue weighted by atomic mass is 32.2. The summed E-state index contributed by atoms with van der Waals surface area (Å²) in [4.78, 5) is 11.0. The third kappa shape index (κ3) is 4.94. The van der Waals surface area contributed by atoms with E-state index in [1.54, 1.807) is 0 Å². The lowest BCUT2D eigenvalue weighted by Crippen LogP contribution is -2.26. The lowest BCUT2D eigenvalue weighted by molar-refractivity contribution is -0.137. The predicted molar refractivity (Wildman–Crippen MR) is 55.6 cm³/mol. The Morgan fingerprint density at radius 1 is 1.33 bits per heavy atom. The van der Waals surface area contributed by atoms with E-state index >= 15 is 0 Å². The van der Waals surface area contributed by atoms with E-state index in [9.17, 15) is 26.4 Å². The van der Waals surface area contributed by atoms with Gasteiger partial charge in [0.05, 0.1) is 12.7 Å². The molecule has 0 saturated carbocycles. The Morgan fingerprint density at radius 3 is 2.17 bits per heavy atom. The first-order valence-electron chi connectivity index (χ1n) is 4.90. The molecule has 0 rings (SSSR count). The second kappa shape index (κ2) is 6.07. The number of halogens is 3. The van der Waals surface area contributed by atoms with Gasteiger partial charge in [0.15, 0.2) is 0 Å². The van der Waals surface area contributed by atoms with Crippen LogP contribution in [0.3, 0.4) is 0 Å². The molecule has 0 aliphatic rings. The fourth-order valence-corrected chi connectivity index (χ4v) is 1.35. The largest absolute Gasteiger partial charge is 0.534 e. The lowest BCUT2D eigenvalue weighted by atomic mass is 10.2. The zero-order valence-corrected chi connectivity index (χ0v) is 10.8. The summed E-state index contributed by atoms with van der Waals surface area (Å²) in [6.07, 6.45) is 0.581. The molecule has 9 heteroatoms. The molecule has 0 bridgehead atoms. The number of carbonyl (C=O) groups is 1. The average Bonchev–Trinajstić information content (AvgIpc) is 2.14. The Hall–Kier alpha value is -1.25. The fourth-order valence-electron chi connectivity index (χ4n) is 0.761. The van der Waals surface area contributed by atoms with Gasteiger partial charge in [-0.1, -0.05) is 13.8 Å². The summed E-state index contributed by atoms with van der Waals surface area (Å²) in [5.41, 5.74) is -5.55. The zero-order valence-electron chi connectivity index (χ0n) is 9.95. The minimum atomic E-state index is -5.78. The van der Waals surface area contributed by atoms with Crippen molar-refractivity contribution < 1.29 is 35.3 Å². The molecule has 0 aromatic heterocycles. The van der Waals surface area contributed by atoms with Gasteiger partial charge in [0.1, 0.15) is 5.76 Å². The van der Waals surface area contributed by atoms with E-state index in [0.717, 1.165) is 0 Å². The molecule has 0 aliphatic carbocycles. The molecule has 0 atom stereocenters. The minimum absolute atomic E-state index is 0.00668. The zero-order chi connectivity index (χ0) is 14.6. The standard InChI is InChI=1S/C9H13F3O5S/c1-4-16-8(13)5-7(6(2)3)17-18(14,15)9(10,11)12/h5-6H,4H2,1-3H3/b7-5+. The molecule has 0 heterocycles. The Bertz CT molecular complexity index is 422. The van der Waals surface area contributed by atoms with E-state index in [-0.39, 0.29) is 6.61 Å². The Labute approximate surface area is 103 Å². The van der Waals surface area contributed by atoms with Crippen LogP contribution in [0.2, 0.25) is 0 Å². The van der Waals surface area contributed by atoms with Gasteiger partial charge in [-0.15, -0.1) is 0 Å². The molecule has 0 saturated heterocycles. The third-order valence-electron chi connectivity index (χ3n) is 1.61. The highest BCUT2D eigenvalue weighted by Crippen LogP contribution is 2.28. The maximum atomic E-state index is 12.1. The molecule has 0 radical (unpaired) electrons. The van der Waals surface area contributed by atoms with E-state index in [1.165, 1.54) is 20.8 Å². The van der Waals surface area contributed by atoms with Crippen molar-refractivity contribution in [1.82, 2.24) is 0 Å². The number of allylic oxidation sites excluding steroid dienone is 1. The molecule has 0 aromatic carbocycles. The number of hydrogen-bond donors (Lipinski definition) is 0. The summed E-state index contributed by atoms with van der Waals surface area (Å²) in [6, 6.07) is 0. The molecule has 0 amide bonds. The van der Waals surface area contributed by atoms with Gasteiger partial charge in [-0.05, 0) is 6.92 Å². The van der Waals surface area contributed by atoms with Gasteiger partial charge in [-0.25, -0.2) is 4.79 Å². The Balaban J connectivity index is 5.15. The van der Waals surface area contributed by atoms with Crippen molar-refractivity contribution in [3.8, 4) is 0 Å². The van der Waals surface area contributed by atoms with Crippen LogP contribution in [0.25, 0.3) is 0 Å². The van der Waals surface area contributed by atoms with E-state index in [1.807, 2.05) is 0 Å². The van der Waals surface area contributed by atoms with Gasteiger partial charge in [0, 0.05) is 5.92 Å². The molecular formula is C9H13F3O5S. The van der Waals surface area contributed by atoms with E-state index in [4.69, 9.17) is 0 Å². The molecule has 0 fully saturated rings. The van der Waals surface area contributed by atoms with Crippen LogP contribution in [0.15, 0.2) is 11.8 Å². The molecule has 0 aliphatic heterocycles. The number of rotatable bonds is 5. The van der Waals surface area contributed by atoms with Crippen LogP contribution < -0.4 is 0 Å². The Morgan fingerprint density at radius 2 is 1.83 bits per heavy atom. The monoisotopic (exact) mass is 290 g/mol. The van der Waals surface area contributed by atoms with E-state index in [0.29, 0.717) is 6.08 Å². The SMILES string of the molecule is CCOC(=O)/C=C(/OS(=O)(=O)C(F)(F)F)C(C)C. The van der Waals surface area contributed by atoms with Crippen LogP contribution in [0.4, 0.5) is 13.2 Å². The van der Waals surface area contributed by atoms with Crippen LogP contribution >= 0.6 is 0 Å². The van der Waals surface area contributed by atoms with Crippen LogP contribution in [-0.4, -0.2) is 26.5 Å². The van der Waals surface area contributed by atoms with Gasteiger partial charge in [-0.2, -0.15) is 21.6 Å². The number of carbonyl (C=O) groups excluding carboxylic acids is 1. The maximum absolute atomic E-state index is 12.1. The van der Waals surface area contributed by atoms with E-state index < -0.39 is 33.3 Å². The van der Waals surface area contributed by atoms with Crippen LogP contribution in [0.1, 0.15) is 20.8 Å². The summed E-state index contributed by atoms with van der Waals surface area (Å²) in [5.74, 6) is -2.34. The van der Waals surface area contributed by atoms with Gasteiger partial charge in [-0.3, -0.25) is 0 Å². The molecule has 0 spiro atoms. The molecule has 106 valence electrons. The maximum Gasteiger partial charge on any atom is 0.534 e. The van der Waals surface area contributed by atoms with Crippen LogP contribution in [0.5, 0.6) is 0 Å². The van der Waals surface area contributed by atoms with Crippen molar-refractivity contribution in [2.24, 2.45) is 5.92 Å². The smallest absolute Gasteiger partial charge is 0.463 e. The van der Waals surface area contributed by atoms with Crippen LogP contribution in [-0.2, 0) is 23.8 Å². The van der Waals surface area contributed by atoms with Crippen molar-refractivity contribution >= 4 is 16.1 Å². The fraction of sp³-hybridized carbons (Fsp3) is 0.667. The van der Waals surface area contributed by atoms with Gasteiger partial charge >= 0.3 is 21.6 Å².